The van der Waals surface area contributed by atoms with Gasteiger partial charge in [0.05, 0.1) is 0 Å². The maximum absolute atomic E-state index is 13.7. The first-order valence-corrected chi connectivity index (χ1v) is 4.94. The van der Waals surface area contributed by atoms with Crippen LogP contribution in [-0.2, 0) is 0 Å². The molecular weight excluding hydrogens is 153 g/mol. The first-order valence-electron chi connectivity index (χ1n) is 4.94. The summed E-state index contributed by atoms with van der Waals surface area (Å²) >= 11 is 0. The van der Waals surface area contributed by atoms with Crippen LogP contribution in [0.5, 0.6) is 0 Å². The van der Waals surface area contributed by atoms with E-state index in [9.17, 15) is 4.39 Å². The minimum absolute atomic E-state index is 0.191. The summed E-state index contributed by atoms with van der Waals surface area (Å²) in [5.74, 6) is 0.796. The smallest absolute Gasteiger partial charge is 0.108 e. The van der Waals surface area contributed by atoms with E-state index < -0.39 is 5.67 Å². The van der Waals surface area contributed by atoms with E-state index >= 15 is 0 Å². The van der Waals surface area contributed by atoms with Gasteiger partial charge in [0.25, 0.3) is 0 Å². The molecule has 12 heavy (non-hydrogen) atoms. The number of halogens is 1. The Morgan fingerprint density at radius 2 is 2.08 bits per heavy atom. The van der Waals surface area contributed by atoms with Gasteiger partial charge in [0.2, 0.25) is 0 Å². The van der Waals surface area contributed by atoms with E-state index in [4.69, 9.17) is 5.73 Å². The Hall–Kier alpha value is -0.110. The quantitative estimate of drug-likeness (QED) is 0.694. The lowest BCUT2D eigenvalue weighted by molar-refractivity contribution is 0.0398. The molecule has 1 nitrogen and oxygen atoms in total. The van der Waals surface area contributed by atoms with Gasteiger partial charge in [-0.15, -0.1) is 0 Å². The van der Waals surface area contributed by atoms with Gasteiger partial charge in [-0.1, -0.05) is 19.3 Å². The SMILES string of the molecule is CC(C)(F)C(CCN)C1CCC1. The molecule has 0 heterocycles. The van der Waals surface area contributed by atoms with Crippen LogP contribution in [-0.4, -0.2) is 12.2 Å². The van der Waals surface area contributed by atoms with E-state index in [1.807, 2.05) is 0 Å². The van der Waals surface area contributed by atoms with E-state index in [2.05, 4.69) is 0 Å². The number of hydrogen-bond acceptors (Lipinski definition) is 1. The zero-order valence-corrected chi connectivity index (χ0v) is 8.15. The molecule has 1 saturated carbocycles. The van der Waals surface area contributed by atoms with Crippen LogP contribution in [0, 0.1) is 11.8 Å². The Kier molecular flexibility index (Phi) is 3.10. The second kappa shape index (κ2) is 3.73. The minimum atomic E-state index is -1.04. The summed E-state index contributed by atoms with van der Waals surface area (Å²) in [6, 6.07) is 0. The van der Waals surface area contributed by atoms with E-state index in [1.165, 1.54) is 19.3 Å². The topological polar surface area (TPSA) is 26.0 Å². The molecule has 0 saturated heterocycles. The zero-order valence-electron chi connectivity index (χ0n) is 8.15. The number of hydrogen-bond donors (Lipinski definition) is 1. The summed E-state index contributed by atoms with van der Waals surface area (Å²) < 4.78 is 13.7. The molecule has 72 valence electrons. The van der Waals surface area contributed by atoms with Gasteiger partial charge < -0.3 is 5.73 Å². The highest BCUT2D eigenvalue weighted by Crippen LogP contribution is 2.41. The van der Waals surface area contributed by atoms with Gasteiger partial charge >= 0.3 is 0 Å². The molecule has 0 bridgehead atoms. The van der Waals surface area contributed by atoms with Crippen LogP contribution in [0.15, 0.2) is 0 Å². The number of alkyl halides is 1. The van der Waals surface area contributed by atoms with Crippen molar-refractivity contribution in [1.29, 1.82) is 0 Å². The van der Waals surface area contributed by atoms with Crippen molar-refractivity contribution in [3.63, 3.8) is 0 Å². The molecule has 0 aromatic rings. The van der Waals surface area contributed by atoms with Crippen LogP contribution < -0.4 is 5.73 Å². The lowest BCUT2D eigenvalue weighted by atomic mass is 9.69. The molecule has 1 unspecified atom stereocenters. The molecule has 1 atom stereocenters. The highest BCUT2D eigenvalue weighted by Gasteiger charge is 2.37. The van der Waals surface area contributed by atoms with Gasteiger partial charge in [0.1, 0.15) is 5.67 Å². The Bertz CT molecular complexity index is 135. The van der Waals surface area contributed by atoms with Crippen molar-refractivity contribution in [2.75, 3.05) is 6.54 Å². The van der Waals surface area contributed by atoms with Crippen LogP contribution in [0.3, 0.4) is 0 Å². The van der Waals surface area contributed by atoms with Crippen LogP contribution in [0.4, 0.5) is 4.39 Å². The highest BCUT2D eigenvalue weighted by atomic mass is 19.1. The first-order chi connectivity index (χ1) is 5.55. The third kappa shape index (κ3) is 2.19. The van der Waals surface area contributed by atoms with Gasteiger partial charge in [-0.05, 0) is 38.6 Å². The number of rotatable bonds is 4. The maximum Gasteiger partial charge on any atom is 0.108 e. The molecule has 1 rings (SSSR count). The molecule has 2 heteroatoms. The molecular formula is C10H20FN. The summed E-state index contributed by atoms with van der Waals surface area (Å²) in [7, 11) is 0. The number of nitrogens with two attached hydrogens (primary N) is 1. The Labute approximate surface area is 74.5 Å². The van der Waals surface area contributed by atoms with Gasteiger partial charge in [-0.2, -0.15) is 0 Å². The molecule has 0 aromatic heterocycles. The normalized spacial score (nSPS) is 22.0. The molecule has 0 amide bonds. The lowest BCUT2D eigenvalue weighted by Crippen LogP contribution is -2.37. The van der Waals surface area contributed by atoms with Gasteiger partial charge in [-0.3, -0.25) is 0 Å². The van der Waals surface area contributed by atoms with E-state index in [0.717, 1.165) is 6.42 Å². The largest absolute Gasteiger partial charge is 0.330 e. The average Bonchev–Trinajstić information content (AvgIpc) is 1.80. The van der Waals surface area contributed by atoms with Crippen molar-refractivity contribution in [2.24, 2.45) is 17.6 Å². The Morgan fingerprint density at radius 3 is 2.33 bits per heavy atom. The van der Waals surface area contributed by atoms with Crippen LogP contribution in [0.2, 0.25) is 0 Å². The Balaban J connectivity index is 2.47. The second-order valence-corrected chi connectivity index (χ2v) is 4.44. The molecule has 1 aliphatic carbocycles. The average molecular weight is 173 g/mol. The first kappa shape index (κ1) is 9.97. The fraction of sp³-hybridized carbons (Fsp3) is 1.00. The van der Waals surface area contributed by atoms with Crippen molar-refractivity contribution in [2.45, 2.75) is 45.2 Å². The fourth-order valence-corrected chi connectivity index (χ4v) is 2.16. The molecule has 0 spiro atoms. The van der Waals surface area contributed by atoms with Crippen molar-refractivity contribution < 1.29 is 4.39 Å². The summed E-state index contributed by atoms with van der Waals surface area (Å²) in [6.07, 6.45) is 4.53. The third-order valence-electron chi connectivity index (χ3n) is 3.08. The summed E-state index contributed by atoms with van der Waals surface area (Å²) in [6.45, 7) is 3.99. The summed E-state index contributed by atoms with van der Waals surface area (Å²) in [5.41, 5.74) is 4.44. The molecule has 2 N–H and O–H groups in total. The van der Waals surface area contributed by atoms with E-state index in [-0.39, 0.29) is 5.92 Å². The second-order valence-electron chi connectivity index (χ2n) is 4.44. The minimum Gasteiger partial charge on any atom is -0.330 e. The summed E-state index contributed by atoms with van der Waals surface area (Å²) in [4.78, 5) is 0. The van der Waals surface area contributed by atoms with E-state index in [0.29, 0.717) is 12.5 Å². The highest BCUT2D eigenvalue weighted by molar-refractivity contribution is 4.87. The monoisotopic (exact) mass is 173 g/mol. The maximum atomic E-state index is 13.7. The van der Waals surface area contributed by atoms with Crippen LogP contribution >= 0.6 is 0 Å². The van der Waals surface area contributed by atoms with Gasteiger partial charge in [-0.25, -0.2) is 4.39 Å². The molecule has 1 aliphatic rings. The van der Waals surface area contributed by atoms with Crippen molar-refractivity contribution in [3.8, 4) is 0 Å². The van der Waals surface area contributed by atoms with Crippen molar-refractivity contribution >= 4 is 0 Å². The standard InChI is InChI=1S/C10H20FN/c1-10(2,11)9(6-7-12)8-4-3-5-8/h8-9H,3-7,12H2,1-2H3. The Morgan fingerprint density at radius 1 is 1.50 bits per heavy atom. The zero-order chi connectivity index (χ0) is 9.19. The van der Waals surface area contributed by atoms with Crippen LogP contribution in [0.1, 0.15) is 39.5 Å². The van der Waals surface area contributed by atoms with Crippen molar-refractivity contribution in [1.82, 2.24) is 0 Å². The van der Waals surface area contributed by atoms with Crippen molar-refractivity contribution in [3.05, 3.63) is 0 Å². The molecule has 1 fully saturated rings. The summed E-state index contributed by atoms with van der Waals surface area (Å²) in [5, 5.41) is 0. The predicted octanol–water partition coefficient (Wildman–Crippen LogP) is 2.50. The lowest BCUT2D eigenvalue weighted by Gasteiger charge is -2.39. The molecule has 0 aliphatic heterocycles. The fourth-order valence-electron chi connectivity index (χ4n) is 2.16. The molecule has 0 aromatic carbocycles. The third-order valence-corrected chi connectivity index (χ3v) is 3.08. The van der Waals surface area contributed by atoms with E-state index in [1.54, 1.807) is 13.8 Å². The molecule has 0 radical (unpaired) electrons. The van der Waals surface area contributed by atoms with Gasteiger partial charge in [0.15, 0.2) is 0 Å². The predicted molar refractivity (Wildman–Crippen MR) is 49.7 cm³/mol. The van der Waals surface area contributed by atoms with Gasteiger partial charge in [0, 0.05) is 0 Å². The van der Waals surface area contributed by atoms with Crippen LogP contribution in [0.25, 0.3) is 0 Å².